The van der Waals surface area contributed by atoms with Gasteiger partial charge >= 0.3 is 0 Å². The van der Waals surface area contributed by atoms with E-state index in [1.54, 1.807) is 6.92 Å². The molecule has 5 heteroatoms. The Bertz CT molecular complexity index is 211. The van der Waals surface area contributed by atoms with Gasteiger partial charge in [0.1, 0.15) is 6.61 Å². The van der Waals surface area contributed by atoms with E-state index in [4.69, 9.17) is 4.74 Å². The van der Waals surface area contributed by atoms with E-state index in [-0.39, 0.29) is 30.8 Å². The van der Waals surface area contributed by atoms with Crippen LogP contribution in [0.15, 0.2) is 0 Å². The van der Waals surface area contributed by atoms with Crippen LogP contribution in [0.2, 0.25) is 0 Å². The SMILES string of the molecule is CNC(=O)[C@@H](C)C1CCC(F)(F)CO1. The second-order valence-corrected chi connectivity index (χ2v) is 3.65. The quantitative estimate of drug-likeness (QED) is 0.738. The molecule has 1 rings (SSSR count). The predicted molar refractivity (Wildman–Crippen MR) is 47.2 cm³/mol. The van der Waals surface area contributed by atoms with Crippen LogP contribution in [0.4, 0.5) is 8.78 Å². The van der Waals surface area contributed by atoms with Crippen LogP contribution in [0.1, 0.15) is 19.8 Å². The Kier molecular flexibility index (Phi) is 3.42. The largest absolute Gasteiger partial charge is 0.371 e. The van der Waals surface area contributed by atoms with Gasteiger partial charge in [-0.1, -0.05) is 6.92 Å². The van der Waals surface area contributed by atoms with Gasteiger partial charge in [0, 0.05) is 13.5 Å². The molecule has 0 aliphatic carbocycles. The molecule has 1 fully saturated rings. The van der Waals surface area contributed by atoms with E-state index in [1.165, 1.54) is 7.05 Å². The Hall–Kier alpha value is -0.710. The molecule has 0 radical (unpaired) electrons. The number of rotatable bonds is 2. The predicted octanol–water partition coefficient (Wildman–Crippen LogP) is 1.18. The molecule has 0 aromatic rings. The zero-order valence-electron chi connectivity index (χ0n) is 8.35. The standard InChI is InChI=1S/C9H15F2NO2/c1-6(8(13)12-2)7-3-4-9(10,11)5-14-7/h6-7H,3-5H2,1-2H3,(H,12,13)/t6-,7?/m0/s1. The minimum Gasteiger partial charge on any atom is -0.371 e. The lowest BCUT2D eigenvalue weighted by Crippen LogP contribution is -2.42. The zero-order valence-corrected chi connectivity index (χ0v) is 8.35. The number of ether oxygens (including phenoxy) is 1. The van der Waals surface area contributed by atoms with Crippen LogP contribution in [-0.2, 0) is 9.53 Å². The summed E-state index contributed by atoms with van der Waals surface area (Å²) in [7, 11) is 1.52. The van der Waals surface area contributed by atoms with Gasteiger partial charge in [0.25, 0.3) is 5.92 Å². The van der Waals surface area contributed by atoms with Crippen molar-refractivity contribution in [1.82, 2.24) is 5.32 Å². The van der Waals surface area contributed by atoms with Crippen molar-refractivity contribution in [2.45, 2.75) is 31.8 Å². The molecule has 2 atom stereocenters. The topological polar surface area (TPSA) is 38.3 Å². The van der Waals surface area contributed by atoms with Crippen molar-refractivity contribution in [1.29, 1.82) is 0 Å². The number of alkyl halides is 2. The highest BCUT2D eigenvalue weighted by molar-refractivity contribution is 5.78. The summed E-state index contributed by atoms with van der Waals surface area (Å²) in [5.41, 5.74) is 0. The van der Waals surface area contributed by atoms with E-state index in [0.717, 1.165) is 0 Å². The second kappa shape index (κ2) is 4.21. The molecule has 14 heavy (non-hydrogen) atoms. The lowest BCUT2D eigenvalue weighted by atomic mass is 9.95. The maximum Gasteiger partial charge on any atom is 0.271 e. The van der Waals surface area contributed by atoms with Gasteiger partial charge in [-0.2, -0.15) is 0 Å². The van der Waals surface area contributed by atoms with Gasteiger partial charge in [0.05, 0.1) is 12.0 Å². The molecular formula is C9H15F2NO2. The van der Waals surface area contributed by atoms with Crippen LogP contribution in [0.25, 0.3) is 0 Å². The van der Waals surface area contributed by atoms with Crippen molar-refractivity contribution in [2.24, 2.45) is 5.92 Å². The third-order valence-corrected chi connectivity index (χ3v) is 2.52. The lowest BCUT2D eigenvalue weighted by Gasteiger charge is -2.31. The molecule has 0 spiro atoms. The molecule has 0 aromatic heterocycles. The molecule has 82 valence electrons. The van der Waals surface area contributed by atoms with Crippen molar-refractivity contribution < 1.29 is 18.3 Å². The van der Waals surface area contributed by atoms with Gasteiger partial charge in [0.2, 0.25) is 5.91 Å². The number of hydrogen-bond acceptors (Lipinski definition) is 2. The smallest absolute Gasteiger partial charge is 0.271 e. The van der Waals surface area contributed by atoms with Crippen molar-refractivity contribution in [3.05, 3.63) is 0 Å². The van der Waals surface area contributed by atoms with E-state index < -0.39 is 12.5 Å². The monoisotopic (exact) mass is 207 g/mol. The first-order valence-electron chi connectivity index (χ1n) is 4.67. The van der Waals surface area contributed by atoms with E-state index in [2.05, 4.69) is 5.32 Å². The van der Waals surface area contributed by atoms with Crippen LogP contribution in [0.3, 0.4) is 0 Å². The lowest BCUT2D eigenvalue weighted by molar-refractivity contribution is -0.162. The average molecular weight is 207 g/mol. The first-order valence-corrected chi connectivity index (χ1v) is 4.67. The third kappa shape index (κ3) is 2.64. The molecule has 3 nitrogen and oxygen atoms in total. The molecular weight excluding hydrogens is 192 g/mol. The highest BCUT2D eigenvalue weighted by Crippen LogP contribution is 2.30. The second-order valence-electron chi connectivity index (χ2n) is 3.65. The van der Waals surface area contributed by atoms with Gasteiger partial charge in [0.15, 0.2) is 0 Å². The normalized spacial score (nSPS) is 28.1. The molecule has 0 saturated carbocycles. The molecule has 0 aromatic carbocycles. The van der Waals surface area contributed by atoms with Crippen molar-refractivity contribution >= 4 is 5.91 Å². The molecule has 1 aliphatic rings. The fraction of sp³-hybridized carbons (Fsp3) is 0.889. The van der Waals surface area contributed by atoms with Gasteiger partial charge < -0.3 is 10.1 Å². The molecule has 1 unspecified atom stereocenters. The van der Waals surface area contributed by atoms with E-state index in [1.807, 2.05) is 0 Å². The Balaban J connectivity index is 2.45. The minimum atomic E-state index is -2.72. The minimum absolute atomic E-state index is 0.166. The summed E-state index contributed by atoms with van der Waals surface area (Å²) in [6.45, 7) is 1.12. The summed E-state index contributed by atoms with van der Waals surface area (Å²) in [5, 5.41) is 2.48. The summed E-state index contributed by atoms with van der Waals surface area (Å²) < 4.78 is 30.4. The van der Waals surface area contributed by atoms with Crippen LogP contribution in [-0.4, -0.2) is 31.6 Å². The van der Waals surface area contributed by atoms with Gasteiger partial charge in [-0.25, -0.2) is 8.78 Å². The first-order chi connectivity index (χ1) is 6.46. The Morgan fingerprint density at radius 3 is 2.71 bits per heavy atom. The van der Waals surface area contributed by atoms with E-state index in [0.29, 0.717) is 0 Å². The third-order valence-electron chi connectivity index (χ3n) is 2.52. The highest BCUT2D eigenvalue weighted by atomic mass is 19.3. The number of nitrogens with one attached hydrogen (secondary N) is 1. The maximum absolute atomic E-state index is 12.7. The van der Waals surface area contributed by atoms with Crippen LogP contribution < -0.4 is 5.32 Å². The van der Waals surface area contributed by atoms with Crippen LogP contribution in [0, 0.1) is 5.92 Å². The molecule has 1 aliphatic heterocycles. The van der Waals surface area contributed by atoms with Crippen molar-refractivity contribution in [3.8, 4) is 0 Å². The van der Waals surface area contributed by atoms with Gasteiger partial charge in [-0.05, 0) is 6.42 Å². The number of hydrogen-bond donors (Lipinski definition) is 1. The summed E-state index contributed by atoms with van der Waals surface area (Å²) in [6.07, 6.45) is -0.338. The average Bonchev–Trinajstić information content (AvgIpc) is 2.15. The van der Waals surface area contributed by atoms with Crippen molar-refractivity contribution in [2.75, 3.05) is 13.7 Å². The summed E-state index contributed by atoms with van der Waals surface area (Å²) in [4.78, 5) is 11.2. The first kappa shape index (κ1) is 11.4. The summed E-state index contributed by atoms with van der Waals surface area (Å²) in [5.74, 6) is -3.25. The molecule has 1 amide bonds. The zero-order chi connectivity index (χ0) is 10.8. The molecule has 0 bridgehead atoms. The summed E-state index contributed by atoms with van der Waals surface area (Å²) in [6, 6.07) is 0. The van der Waals surface area contributed by atoms with Gasteiger partial charge in [-0.15, -0.1) is 0 Å². The van der Waals surface area contributed by atoms with E-state index in [9.17, 15) is 13.6 Å². The fourth-order valence-corrected chi connectivity index (χ4v) is 1.53. The van der Waals surface area contributed by atoms with Gasteiger partial charge in [-0.3, -0.25) is 4.79 Å². The van der Waals surface area contributed by atoms with E-state index >= 15 is 0 Å². The highest BCUT2D eigenvalue weighted by Gasteiger charge is 2.38. The Morgan fingerprint density at radius 2 is 2.29 bits per heavy atom. The summed E-state index contributed by atoms with van der Waals surface area (Å²) >= 11 is 0. The number of carbonyl (C=O) groups is 1. The maximum atomic E-state index is 12.7. The Morgan fingerprint density at radius 1 is 1.64 bits per heavy atom. The number of halogens is 2. The van der Waals surface area contributed by atoms with Crippen LogP contribution >= 0.6 is 0 Å². The molecule has 1 N–H and O–H groups in total. The number of carbonyl (C=O) groups excluding carboxylic acids is 1. The Labute approximate surface area is 81.8 Å². The number of amides is 1. The molecule has 1 heterocycles. The molecule has 1 saturated heterocycles. The van der Waals surface area contributed by atoms with Crippen molar-refractivity contribution in [3.63, 3.8) is 0 Å². The van der Waals surface area contributed by atoms with Crippen LogP contribution in [0.5, 0.6) is 0 Å². The fourth-order valence-electron chi connectivity index (χ4n) is 1.53.